The predicted octanol–water partition coefficient (Wildman–Crippen LogP) is 8.68. The van der Waals surface area contributed by atoms with Crippen molar-refractivity contribution in [2.24, 2.45) is 113 Å². The van der Waals surface area contributed by atoms with Gasteiger partial charge in [0.2, 0.25) is 0 Å². The Bertz CT molecular complexity index is 2120. The van der Waals surface area contributed by atoms with Crippen LogP contribution in [0, 0.1) is 113 Å². The van der Waals surface area contributed by atoms with Crippen LogP contribution in [0.25, 0.3) is 0 Å². The molecule has 0 aromatic heterocycles. The van der Waals surface area contributed by atoms with Gasteiger partial charge in [-0.25, -0.2) is 0 Å². The molecule has 0 saturated heterocycles. The molecule has 0 aromatic carbocycles. The van der Waals surface area contributed by atoms with Crippen LogP contribution in [0.5, 0.6) is 0 Å². The fourth-order valence-corrected chi connectivity index (χ4v) is 22.9. The second kappa shape index (κ2) is 20.0. The second-order valence-corrected chi connectivity index (χ2v) is 28.8. The van der Waals surface area contributed by atoms with Crippen LogP contribution in [0.1, 0.15) is 199 Å². The Hall–Kier alpha value is -1.01. The van der Waals surface area contributed by atoms with Gasteiger partial charge in [0.05, 0.1) is 30.1 Å². The Kier molecular flexibility index (Phi) is 16.7. The number of rotatable bonds is 6. The van der Waals surface area contributed by atoms with E-state index in [2.05, 4.69) is 82.4 Å². The van der Waals surface area contributed by atoms with Crippen molar-refractivity contribution in [1.82, 2.24) is 0 Å². The Morgan fingerprint density at radius 1 is 0.528 bits per heavy atom. The maximum absolute atomic E-state index is 12.9. The fraction of sp³-hybridized carbons (Fsp3) is 0.885. The Labute approximate surface area is 461 Å². The van der Waals surface area contributed by atoms with Crippen LogP contribution in [-0.2, 0) is 14.4 Å². The maximum Gasteiger partial charge on any atom is 1.00 e. The minimum absolute atomic E-state index is 0. The van der Waals surface area contributed by atoms with Crippen molar-refractivity contribution in [2.45, 2.75) is 204 Å². The predicted molar refractivity (Wildman–Crippen MR) is 282 cm³/mol. The number of Topliss-reactive ketones (excluding diaryl/α,β-unsaturated/α-hetero) is 1. The van der Waals surface area contributed by atoms with Gasteiger partial charge in [-0.3, -0.25) is 14.4 Å². The number of ketones is 1. The third-order valence-corrected chi connectivity index (χ3v) is 26.9. The van der Waals surface area contributed by atoms with Crippen molar-refractivity contribution in [3.8, 4) is 0 Å². The summed E-state index contributed by atoms with van der Waals surface area (Å²) in [5, 5.41) is 58.8. The van der Waals surface area contributed by atoms with Gasteiger partial charge in [-0.05, 0) is 230 Å². The number of carbonyl (C=O) groups is 3. The van der Waals surface area contributed by atoms with Crippen LogP contribution in [0.2, 0.25) is 0 Å². The molecule has 3 radical (unpaired) electrons. The van der Waals surface area contributed by atoms with E-state index in [1.165, 1.54) is 12.8 Å². The van der Waals surface area contributed by atoms with Crippen molar-refractivity contribution in [3.63, 3.8) is 0 Å². The average molecular weight is 1010 g/mol. The number of hydrogen-bond donors (Lipinski definition) is 6. The number of aliphatic hydroxyl groups excluding tert-OH is 4. The minimum Gasteiger partial charge on any atom is -1.00 e. The smallest absolute Gasteiger partial charge is 1.00 e. The number of fused-ring (bicyclic) bond motifs is 14. The Morgan fingerprint density at radius 2 is 0.931 bits per heavy atom. The van der Waals surface area contributed by atoms with Crippen molar-refractivity contribution in [1.29, 1.82) is 0 Å². The summed E-state index contributed by atoms with van der Waals surface area (Å²) in [7, 11) is 1.00. The number of aliphatic carboxylic acids is 2. The van der Waals surface area contributed by atoms with E-state index in [4.69, 9.17) is 5.11 Å². The summed E-state index contributed by atoms with van der Waals surface area (Å²) in [6.07, 6.45) is 19.2. The summed E-state index contributed by atoms with van der Waals surface area (Å²) < 4.78 is 0. The van der Waals surface area contributed by atoms with Gasteiger partial charge in [-0.2, -0.15) is 0 Å². The summed E-state index contributed by atoms with van der Waals surface area (Å²) in [6, 6.07) is 0. The third-order valence-electron chi connectivity index (χ3n) is 26.9. The molecule has 11 heteroatoms. The molecule has 10 fully saturated rings. The van der Waals surface area contributed by atoms with E-state index >= 15 is 0 Å². The Morgan fingerprint density at radius 3 is 1.33 bits per heavy atom. The molecule has 10 rings (SSSR count). The molecule has 0 unspecified atom stereocenters. The molecule has 10 aliphatic rings. The van der Waals surface area contributed by atoms with Crippen LogP contribution in [0.4, 0.5) is 0 Å². The molecule has 401 valence electrons. The molecular formula is C61H99BNaO9. The normalized spacial score (nSPS) is 49.8. The van der Waals surface area contributed by atoms with Crippen LogP contribution in [0.3, 0.4) is 0 Å². The van der Waals surface area contributed by atoms with Gasteiger partial charge in [0.15, 0.2) is 0 Å². The van der Waals surface area contributed by atoms with Crippen molar-refractivity contribution in [3.05, 3.63) is 24.3 Å². The van der Waals surface area contributed by atoms with E-state index in [1.54, 1.807) is 0 Å². The van der Waals surface area contributed by atoms with Crippen molar-refractivity contribution >= 4 is 26.1 Å². The third kappa shape index (κ3) is 7.90. The zero-order valence-electron chi connectivity index (χ0n) is 48.3. The van der Waals surface area contributed by atoms with E-state index in [0.717, 1.165) is 127 Å². The van der Waals surface area contributed by atoms with Gasteiger partial charge in [-0.1, -0.05) is 82.4 Å². The molecule has 10 saturated carbocycles. The van der Waals surface area contributed by atoms with Crippen LogP contribution >= 0.6 is 0 Å². The zero-order chi connectivity index (χ0) is 51.8. The molecule has 9 nitrogen and oxygen atoms in total. The summed E-state index contributed by atoms with van der Waals surface area (Å²) in [5.41, 5.74) is 1.01. The van der Waals surface area contributed by atoms with Crippen molar-refractivity contribution < 1.29 is 76.0 Å². The number of carboxylic acids is 2. The van der Waals surface area contributed by atoms with E-state index in [1.807, 2.05) is 0 Å². The summed E-state index contributed by atoms with van der Waals surface area (Å²) in [6.45, 7) is 32.5. The van der Waals surface area contributed by atoms with E-state index in [0.29, 0.717) is 47.7 Å². The van der Waals surface area contributed by atoms with Gasteiger partial charge in [0, 0.05) is 27.4 Å². The summed E-state index contributed by atoms with van der Waals surface area (Å²) in [4.78, 5) is 38.5. The van der Waals surface area contributed by atoms with Crippen LogP contribution in [-0.4, -0.2) is 83.2 Å². The maximum atomic E-state index is 12.9. The molecule has 10 aliphatic carbocycles. The molecule has 0 spiro atoms. The fourth-order valence-electron chi connectivity index (χ4n) is 22.9. The monoisotopic (exact) mass is 1010 g/mol. The molecule has 0 amide bonds. The van der Waals surface area contributed by atoms with Crippen LogP contribution in [0.15, 0.2) is 24.3 Å². The molecule has 0 heterocycles. The summed E-state index contributed by atoms with van der Waals surface area (Å²) in [5.74, 6) is 2.52. The van der Waals surface area contributed by atoms with Crippen LogP contribution < -0.4 is 29.6 Å². The zero-order valence-corrected chi connectivity index (χ0v) is 49.3. The van der Waals surface area contributed by atoms with Gasteiger partial charge in [0.25, 0.3) is 0 Å². The van der Waals surface area contributed by atoms with Gasteiger partial charge >= 0.3 is 41.5 Å². The van der Waals surface area contributed by atoms with Gasteiger partial charge < -0.3 is 32.1 Å². The minimum atomic E-state index is -0.656. The Balaban J connectivity index is 0.000000252. The standard InChI is InChI=1S/C30H48O4.C30H46O4.CH4O.B.Na.H/c2*1-18(17-31)19-9-14-30(25(33)34)16-15-28(5)20(24(19)30)7-8-22-27(4)12-11-23(32)26(2,3)21(27)10-13-29(22,28)6;1-2;;;/h19-24,31-32H,1,7-17H2,2-6H3,(H,33,34);19-22,24,31H,1,7-17H2,2-6H3,(H,33,34);2H,1H3;;;/q;;;;+1;-1/t19-,20+,21-,22+,23-,24+,27-,28+,29+,30-;19-,20+,21-,22+,24+,27-,28+,29+,30-;;;;/m00..../s1. The van der Waals surface area contributed by atoms with E-state index < -0.39 is 22.8 Å². The van der Waals surface area contributed by atoms with Gasteiger partial charge in [0.1, 0.15) is 5.78 Å². The number of hydrogen-bond acceptors (Lipinski definition) is 7. The van der Waals surface area contributed by atoms with E-state index in [-0.39, 0.29) is 126 Å². The number of aliphatic hydroxyl groups is 4. The first kappa shape index (κ1) is 60.2. The molecule has 0 aliphatic heterocycles. The first-order valence-corrected chi connectivity index (χ1v) is 28.3. The summed E-state index contributed by atoms with van der Waals surface area (Å²) >= 11 is 0. The molecule has 19 atom stereocenters. The SMILES string of the molecule is C=C(CO)[C@@H]1CC[C@]2(C(=O)O)CC[C@]3(C)[C@H](CC[C@@H]4[C@@]5(C)CCC(=O)C(C)(C)[C@@H]5CC[C@]43C)[C@@H]12.C=C(CO)[C@@H]1CC[C@]2(C(=O)O)CC[C@]3(C)[C@H](CC[C@@H]4[C@@]5(C)CC[C@H](O)C(C)(C)[C@@H]5CC[C@]43C)[C@@H]12.CO.[B].[H-].[Na+]. The molecular weight excluding hydrogens is 910 g/mol. The molecule has 0 aromatic rings. The topological polar surface area (TPSA) is 173 Å². The molecule has 6 N–H and O–H groups in total. The number of carbonyl (C=O) groups excluding carboxylic acids is 1. The second-order valence-electron chi connectivity index (χ2n) is 28.8. The number of carboxylic acid groups (broad SMARTS) is 2. The first-order valence-electron chi connectivity index (χ1n) is 28.3. The first-order chi connectivity index (χ1) is 32.6. The van der Waals surface area contributed by atoms with Gasteiger partial charge in [-0.15, -0.1) is 0 Å². The largest absolute Gasteiger partial charge is 1.00 e. The average Bonchev–Trinajstić information content (AvgIpc) is 3.92. The molecule has 72 heavy (non-hydrogen) atoms. The van der Waals surface area contributed by atoms with E-state index in [9.17, 15) is 39.9 Å². The van der Waals surface area contributed by atoms with Crippen molar-refractivity contribution in [2.75, 3.05) is 20.3 Å². The molecule has 0 bridgehead atoms. The quantitative estimate of drug-likeness (QED) is 0.113.